The molecule has 16 heavy (non-hydrogen) atoms. The van der Waals surface area contributed by atoms with E-state index < -0.39 is 0 Å². The summed E-state index contributed by atoms with van der Waals surface area (Å²) in [5.41, 5.74) is 2.02. The van der Waals surface area contributed by atoms with Crippen molar-refractivity contribution in [3.63, 3.8) is 0 Å². The molecule has 0 N–H and O–H groups in total. The van der Waals surface area contributed by atoms with Crippen LogP contribution in [0.4, 0.5) is 5.69 Å². The maximum absolute atomic E-state index is 5.23. The predicted octanol–water partition coefficient (Wildman–Crippen LogP) is 1.82. The SMILES string of the molecule is COc1ccc2c(c1)C1=NCC(C)N1C=N2. The number of rotatable bonds is 1. The topological polar surface area (TPSA) is 37.2 Å². The Morgan fingerprint density at radius 3 is 3.12 bits per heavy atom. The number of hydrogen-bond donors (Lipinski definition) is 0. The summed E-state index contributed by atoms with van der Waals surface area (Å²) in [6.07, 6.45) is 1.87. The van der Waals surface area contributed by atoms with E-state index in [4.69, 9.17) is 4.74 Å². The fourth-order valence-electron chi connectivity index (χ4n) is 2.05. The molecule has 4 heteroatoms. The van der Waals surface area contributed by atoms with E-state index in [1.165, 1.54) is 0 Å². The standard InChI is InChI=1S/C12H13N3O/c1-8-6-13-12-10-5-9(16-2)3-4-11(10)14-7-15(8)12/h3-5,7-8H,6H2,1-2H3. The number of ether oxygens (including phenoxy) is 1. The molecule has 1 unspecified atom stereocenters. The molecule has 3 rings (SSSR count). The van der Waals surface area contributed by atoms with Gasteiger partial charge in [-0.15, -0.1) is 0 Å². The van der Waals surface area contributed by atoms with E-state index in [1.807, 2.05) is 24.5 Å². The molecule has 0 aromatic heterocycles. The minimum atomic E-state index is 0.401. The summed E-state index contributed by atoms with van der Waals surface area (Å²) >= 11 is 0. The molecule has 2 aliphatic heterocycles. The quantitative estimate of drug-likeness (QED) is 0.716. The van der Waals surface area contributed by atoms with Crippen molar-refractivity contribution in [3.8, 4) is 5.75 Å². The largest absolute Gasteiger partial charge is 0.497 e. The number of methoxy groups -OCH3 is 1. The summed E-state index contributed by atoms with van der Waals surface area (Å²) in [7, 11) is 1.67. The monoisotopic (exact) mass is 215 g/mol. The fourth-order valence-corrected chi connectivity index (χ4v) is 2.05. The molecule has 0 aliphatic carbocycles. The first-order valence-corrected chi connectivity index (χ1v) is 5.35. The number of hydrogen-bond acceptors (Lipinski definition) is 4. The summed E-state index contributed by atoms with van der Waals surface area (Å²) in [6.45, 7) is 2.98. The molecule has 0 saturated carbocycles. The van der Waals surface area contributed by atoms with E-state index in [-0.39, 0.29) is 0 Å². The van der Waals surface area contributed by atoms with Crippen molar-refractivity contribution >= 4 is 17.9 Å². The predicted molar refractivity (Wildman–Crippen MR) is 63.9 cm³/mol. The molecule has 1 atom stereocenters. The lowest BCUT2D eigenvalue weighted by molar-refractivity contribution is 0.414. The van der Waals surface area contributed by atoms with Crippen molar-refractivity contribution in [2.75, 3.05) is 13.7 Å². The average Bonchev–Trinajstić information content (AvgIpc) is 2.71. The Morgan fingerprint density at radius 2 is 2.31 bits per heavy atom. The number of fused-ring (bicyclic) bond motifs is 3. The van der Waals surface area contributed by atoms with Crippen LogP contribution < -0.4 is 4.74 Å². The van der Waals surface area contributed by atoms with Gasteiger partial charge >= 0.3 is 0 Å². The molecule has 0 saturated heterocycles. The molecule has 4 nitrogen and oxygen atoms in total. The molecule has 0 bridgehead atoms. The molecule has 2 aliphatic rings. The first-order chi connectivity index (χ1) is 7.79. The number of benzene rings is 1. The van der Waals surface area contributed by atoms with Gasteiger partial charge in [-0.2, -0.15) is 0 Å². The lowest BCUT2D eigenvalue weighted by Crippen LogP contribution is -2.35. The highest BCUT2D eigenvalue weighted by molar-refractivity contribution is 6.11. The zero-order chi connectivity index (χ0) is 11.1. The van der Waals surface area contributed by atoms with Crippen LogP contribution in [0.15, 0.2) is 28.2 Å². The Morgan fingerprint density at radius 1 is 1.44 bits per heavy atom. The Hall–Kier alpha value is -1.84. The van der Waals surface area contributed by atoms with Gasteiger partial charge in [0.2, 0.25) is 0 Å². The van der Waals surface area contributed by atoms with Crippen molar-refractivity contribution in [2.24, 2.45) is 9.98 Å². The van der Waals surface area contributed by atoms with Crippen LogP contribution in [0.1, 0.15) is 12.5 Å². The van der Waals surface area contributed by atoms with Gasteiger partial charge in [0, 0.05) is 5.56 Å². The highest BCUT2D eigenvalue weighted by Gasteiger charge is 2.28. The van der Waals surface area contributed by atoms with E-state index in [1.54, 1.807) is 7.11 Å². The molecule has 82 valence electrons. The summed E-state index contributed by atoms with van der Waals surface area (Å²) in [4.78, 5) is 11.1. The first kappa shape index (κ1) is 9.39. The molecular weight excluding hydrogens is 202 g/mol. The van der Waals surface area contributed by atoms with E-state index in [9.17, 15) is 0 Å². The van der Waals surface area contributed by atoms with E-state index in [0.29, 0.717) is 6.04 Å². The van der Waals surface area contributed by atoms with Crippen LogP contribution in [0.5, 0.6) is 5.75 Å². The average molecular weight is 215 g/mol. The number of amidine groups is 1. The van der Waals surface area contributed by atoms with E-state index >= 15 is 0 Å². The lowest BCUT2D eigenvalue weighted by atomic mass is 10.1. The van der Waals surface area contributed by atoms with Crippen molar-refractivity contribution < 1.29 is 4.74 Å². The Labute approximate surface area is 94.3 Å². The molecule has 2 heterocycles. The van der Waals surface area contributed by atoms with Gasteiger partial charge in [0.15, 0.2) is 0 Å². The highest BCUT2D eigenvalue weighted by Crippen LogP contribution is 2.31. The number of aliphatic imine (C=N–C) groups is 2. The normalized spacial score (nSPS) is 21.5. The van der Waals surface area contributed by atoms with E-state index in [0.717, 1.165) is 29.4 Å². The summed E-state index contributed by atoms with van der Waals surface area (Å²) < 4.78 is 5.23. The van der Waals surface area contributed by atoms with Crippen LogP contribution in [-0.2, 0) is 0 Å². The maximum atomic E-state index is 5.23. The van der Waals surface area contributed by atoms with Gasteiger partial charge in [0.05, 0.1) is 31.7 Å². The van der Waals surface area contributed by atoms with Gasteiger partial charge in [-0.25, -0.2) is 4.99 Å². The minimum absolute atomic E-state index is 0.401. The number of nitrogens with zero attached hydrogens (tertiary/aromatic N) is 3. The fraction of sp³-hybridized carbons (Fsp3) is 0.333. The Kier molecular flexibility index (Phi) is 1.96. The summed E-state index contributed by atoms with van der Waals surface area (Å²) in [5.74, 6) is 1.86. The molecular formula is C12H13N3O. The maximum Gasteiger partial charge on any atom is 0.138 e. The van der Waals surface area contributed by atoms with E-state index in [2.05, 4.69) is 21.8 Å². The van der Waals surface area contributed by atoms with Gasteiger partial charge in [0.1, 0.15) is 11.6 Å². The van der Waals surface area contributed by atoms with Crippen LogP contribution in [0, 0.1) is 0 Å². The van der Waals surface area contributed by atoms with Crippen LogP contribution in [-0.4, -0.2) is 36.8 Å². The van der Waals surface area contributed by atoms with Gasteiger partial charge in [-0.3, -0.25) is 4.99 Å². The van der Waals surface area contributed by atoms with Crippen molar-refractivity contribution in [2.45, 2.75) is 13.0 Å². The molecule has 1 aromatic rings. The third-order valence-corrected chi connectivity index (χ3v) is 2.99. The van der Waals surface area contributed by atoms with Crippen LogP contribution in [0.3, 0.4) is 0 Å². The van der Waals surface area contributed by atoms with Crippen LogP contribution >= 0.6 is 0 Å². The molecule has 0 fully saturated rings. The van der Waals surface area contributed by atoms with Crippen LogP contribution in [0.2, 0.25) is 0 Å². The second-order valence-electron chi connectivity index (χ2n) is 4.05. The van der Waals surface area contributed by atoms with Gasteiger partial charge < -0.3 is 9.64 Å². The third kappa shape index (κ3) is 1.23. The Balaban J connectivity index is 2.13. The zero-order valence-corrected chi connectivity index (χ0v) is 9.34. The lowest BCUT2D eigenvalue weighted by Gasteiger charge is -2.24. The van der Waals surface area contributed by atoms with Crippen molar-refractivity contribution in [1.29, 1.82) is 0 Å². The first-order valence-electron chi connectivity index (χ1n) is 5.35. The molecule has 0 spiro atoms. The van der Waals surface area contributed by atoms with Gasteiger partial charge in [0.25, 0.3) is 0 Å². The zero-order valence-electron chi connectivity index (χ0n) is 9.34. The summed E-state index contributed by atoms with van der Waals surface area (Å²) in [6, 6.07) is 6.28. The second-order valence-corrected chi connectivity index (χ2v) is 4.05. The van der Waals surface area contributed by atoms with Crippen molar-refractivity contribution in [1.82, 2.24) is 4.90 Å². The van der Waals surface area contributed by atoms with Gasteiger partial charge in [-0.05, 0) is 25.1 Å². The van der Waals surface area contributed by atoms with Crippen LogP contribution in [0.25, 0.3) is 0 Å². The van der Waals surface area contributed by atoms with Gasteiger partial charge in [-0.1, -0.05) is 0 Å². The van der Waals surface area contributed by atoms with Crippen molar-refractivity contribution in [3.05, 3.63) is 23.8 Å². The molecule has 1 aromatic carbocycles. The molecule has 0 amide bonds. The third-order valence-electron chi connectivity index (χ3n) is 2.99. The second kappa shape index (κ2) is 3.33. The molecule has 0 radical (unpaired) electrons. The Bertz CT molecular complexity index is 493. The summed E-state index contributed by atoms with van der Waals surface area (Å²) in [5, 5.41) is 0. The highest BCUT2D eigenvalue weighted by atomic mass is 16.5. The minimum Gasteiger partial charge on any atom is -0.497 e. The smallest absolute Gasteiger partial charge is 0.138 e.